The number of nitrogens with two attached hydrogens (primary N) is 1. The molecule has 1 rings (SSSR count). The van der Waals surface area contributed by atoms with Gasteiger partial charge in [-0.25, -0.2) is 4.39 Å². The fraction of sp³-hybridized carbons (Fsp3) is 0.467. The highest BCUT2D eigenvalue weighted by Gasteiger charge is 2.42. The predicted molar refractivity (Wildman–Crippen MR) is 78.7 cm³/mol. The van der Waals surface area contributed by atoms with Gasteiger partial charge < -0.3 is 16.2 Å². The van der Waals surface area contributed by atoms with Crippen LogP contribution in [0.4, 0.5) is 23.2 Å². The van der Waals surface area contributed by atoms with E-state index in [1.165, 1.54) is 19.1 Å². The van der Waals surface area contributed by atoms with Crippen LogP contribution in [0.1, 0.15) is 19.4 Å². The molecule has 0 saturated carbocycles. The monoisotopic (exact) mass is 350 g/mol. The molecule has 1 aromatic rings. The van der Waals surface area contributed by atoms with Crippen molar-refractivity contribution in [2.45, 2.75) is 32.5 Å². The van der Waals surface area contributed by atoms with Gasteiger partial charge in [-0.3, -0.25) is 9.59 Å². The first kappa shape index (κ1) is 19.9. The topological polar surface area (TPSA) is 92.4 Å². The van der Waals surface area contributed by atoms with E-state index in [2.05, 4.69) is 0 Å². The molecule has 1 amide bonds. The fourth-order valence-electron chi connectivity index (χ4n) is 1.88. The van der Waals surface area contributed by atoms with Crippen molar-refractivity contribution in [2.24, 2.45) is 17.6 Å². The van der Waals surface area contributed by atoms with E-state index in [1.54, 1.807) is 0 Å². The molecule has 0 aromatic heterocycles. The van der Waals surface area contributed by atoms with Gasteiger partial charge >= 0.3 is 12.1 Å². The van der Waals surface area contributed by atoms with Crippen molar-refractivity contribution in [3.05, 3.63) is 29.6 Å². The van der Waals surface area contributed by atoms with E-state index in [-0.39, 0.29) is 12.1 Å². The number of benzene rings is 1. The van der Waals surface area contributed by atoms with E-state index in [0.29, 0.717) is 5.56 Å². The highest BCUT2D eigenvalue weighted by Crippen LogP contribution is 2.28. The number of rotatable bonds is 6. The number of carboxylic acids is 1. The molecule has 24 heavy (non-hydrogen) atoms. The molecule has 0 aliphatic carbocycles. The SMILES string of the molecule is CC(C(N)C(=O)Nc1cc(C[C@@H](C)C(=O)O)ccc1F)C(F)(F)F. The van der Waals surface area contributed by atoms with E-state index in [0.717, 1.165) is 13.0 Å². The third-order valence-electron chi connectivity index (χ3n) is 3.61. The maximum Gasteiger partial charge on any atom is 0.393 e. The Bertz CT molecular complexity index is 619. The van der Waals surface area contributed by atoms with Crippen molar-refractivity contribution in [3.63, 3.8) is 0 Å². The van der Waals surface area contributed by atoms with Crippen molar-refractivity contribution in [1.29, 1.82) is 0 Å². The molecule has 0 fully saturated rings. The number of hydrogen-bond donors (Lipinski definition) is 3. The second kappa shape index (κ2) is 7.61. The Labute approximate surface area is 135 Å². The molecule has 0 radical (unpaired) electrons. The maximum absolute atomic E-state index is 13.7. The lowest BCUT2D eigenvalue weighted by Crippen LogP contribution is -2.46. The standard InChI is InChI=1S/C15H18F4N2O3/c1-7(14(23)24)5-9-3-4-10(16)11(6-9)21-13(22)12(20)8(2)15(17,18)19/h3-4,6-8,12H,5,20H2,1-2H3,(H,21,22)(H,23,24)/t7-,8?,12?/m1/s1. The van der Waals surface area contributed by atoms with Gasteiger partial charge in [-0.15, -0.1) is 0 Å². The molecule has 5 nitrogen and oxygen atoms in total. The summed E-state index contributed by atoms with van der Waals surface area (Å²) in [5.74, 6) is -5.93. The average Bonchev–Trinajstić information content (AvgIpc) is 2.47. The Kier molecular flexibility index (Phi) is 6.30. The van der Waals surface area contributed by atoms with Crippen LogP contribution in [0.2, 0.25) is 0 Å². The summed E-state index contributed by atoms with van der Waals surface area (Å²) in [7, 11) is 0. The Morgan fingerprint density at radius 3 is 2.38 bits per heavy atom. The molecular formula is C15H18F4N2O3. The number of amides is 1. The van der Waals surface area contributed by atoms with Crippen LogP contribution in [-0.2, 0) is 16.0 Å². The molecule has 0 aliphatic heterocycles. The first-order valence-corrected chi connectivity index (χ1v) is 7.08. The molecule has 0 aliphatic rings. The smallest absolute Gasteiger partial charge is 0.393 e. The van der Waals surface area contributed by atoms with E-state index >= 15 is 0 Å². The van der Waals surface area contributed by atoms with Gasteiger partial charge in [0.05, 0.1) is 23.6 Å². The van der Waals surface area contributed by atoms with Crippen LogP contribution in [0.5, 0.6) is 0 Å². The number of carbonyl (C=O) groups is 2. The van der Waals surface area contributed by atoms with Gasteiger partial charge in [-0.2, -0.15) is 13.2 Å². The van der Waals surface area contributed by atoms with Crippen LogP contribution >= 0.6 is 0 Å². The molecule has 134 valence electrons. The first-order valence-electron chi connectivity index (χ1n) is 7.08. The third-order valence-corrected chi connectivity index (χ3v) is 3.61. The molecule has 0 bridgehead atoms. The molecule has 0 heterocycles. The minimum atomic E-state index is -4.66. The molecule has 2 unspecified atom stereocenters. The second-order valence-corrected chi connectivity index (χ2v) is 5.60. The zero-order chi connectivity index (χ0) is 18.7. The van der Waals surface area contributed by atoms with E-state index in [9.17, 15) is 27.2 Å². The van der Waals surface area contributed by atoms with Gasteiger partial charge in [-0.05, 0) is 24.1 Å². The lowest BCUT2D eigenvalue weighted by atomic mass is 10.00. The summed E-state index contributed by atoms with van der Waals surface area (Å²) < 4.78 is 51.4. The number of carbonyl (C=O) groups excluding carboxylic acids is 1. The second-order valence-electron chi connectivity index (χ2n) is 5.60. The summed E-state index contributed by atoms with van der Waals surface area (Å²) in [6.07, 6.45) is -4.59. The molecule has 0 spiro atoms. The number of nitrogens with one attached hydrogen (secondary N) is 1. The minimum absolute atomic E-state index is 0.0729. The number of carboxylic acid groups (broad SMARTS) is 1. The molecular weight excluding hydrogens is 332 g/mol. The molecule has 3 atom stereocenters. The molecule has 1 aromatic carbocycles. The number of aliphatic carboxylic acids is 1. The third kappa shape index (κ3) is 5.19. The number of halogens is 4. The van der Waals surface area contributed by atoms with Gasteiger partial charge in [0.15, 0.2) is 0 Å². The predicted octanol–water partition coefficient (Wildman–Crippen LogP) is 2.55. The zero-order valence-electron chi connectivity index (χ0n) is 13.0. The lowest BCUT2D eigenvalue weighted by Gasteiger charge is -2.22. The normalized spacial score (nSPS) is 15.5. The average molecular weight is 350 g/mol. The van der Waals surface area contributed by atoms with Crippen molar-refractivity contribution in [1.82, 2.24) is 0 Å². The van der Waals surface area contributed by atoms with Gasteiger partial charge in [0, 0.05) is 0 Å². The van der Waals surface area contributed by atoms with Crippen LogP contribution in [-0.4, -0.2) is 29.2 Å². The van der Waals surface area contributed by atoms with Gasteiger partial charge in [-0.1, -0.05) is 19.9 Å². The highest BCUT2D eigenvalue weighted by atomic mass is 19.4. The Hall–Kier alpha value is -2.16. The van der Waals surface area contributed by atoms with Crippen molar-refractivity contribution in [3.8, 4) is 0 Å². The summed E-state index contributed by atoms with van der Waals surface area (Å²) in [6, 6.07) is 1.62. The van der Waals surface area contributed by atoms with Gasteiger partial charge in [0.2, 0.25) is 5.91 Å². The largest absolute Gasteiger partial charge is 0.481 e. The summed E-state index contributed by atoms with van der Waals surface area (Å²) >= 11 is 0. The minimum Gasteiger partial charge on any atom is -0.481 e. The number of hydrogen-bond acceptors (Lipinski definition) is 3. The summed E-state index contributed by atoms with van der Waals surface area (Å²) in [6.45, 7) is 2.20. The van der Waals surface area contributed by atoms with Crippen molar-refractivity contribution >= 4 is 17.6 Å². The van der Waals surface area contributed by atoms with E-state index in [1.807, 2.05) is 5.32 Å². The molecule has 0 saturated heterocycles. The summed E-state index contributed by atoms with van der Waals surface area (Å²) in [5, 5.41) is 10.9. The Morgan fingerprint density at radius 2 is 1.88 bits per heavy atom. The van der Waals surface area contributed by atoms with E-state index < -0.39 is 41.7 Å². The van der Waals surface area contributed by atoms with Gasteiger partial charge in [0.25, 0.3) is 0 Å². The van der Waals surface area contributed by atoms with E-state index in [4.69, 9.17) is 10.8 Å². The quantitative estimate of drug-likeness (QED) is 0.688. The fourth-order valence-corrected chi connectivity index (χ4v) is 1.88. The highest BCUT2D eigenvalue weighted by molar-refractivity contribution is 5.95. The van der Waals surface area contributed by atoms with Crippen molar-refractivity contribution < 1.29 is 32.3 Å². The Balaban J connectivity index is 2.90. The van der Waals surface area contributed by atoms with Gasteiger partial charge in [0.1, 0.15) is 5.82 Å². The lowest BCUT2D eigenvalue weighted by molar-refractivity contribution is -0.176. The first-order chi connectivity index (χ1) is 10.9. The number of alkyl halides is 3. The Morgan fingerprint density at radius 1 is 1.29 bits per heavy atom. The van der Waals surface area contributed by atoms with Crippen LogP contribution in [0.3, 0.4) is 0 Å². The molecule has 4 N–H and O–H groups in total. The van der Waals surface area contributed by atoms with Crippen molar-refractivity contribution in [2.75, 3.05) is 5.32 Å². The summed E-state index contributed by atoms with van der Waals surface area (Å²) in [4.78, 5) is 22.6. The number of anilines is 1. The van der Waals surface area contributed by atoms with Crippen LogP contribution in [0.15, 0.2) is 18.2 Å². The van der Waals surface area contributed by atoms with Crippen LogP contribution in [0, 0.1) is 17.7 Å². The van der Waals surface area contributed by atoms with Crippen LogP contribution < -0.4 is 11.1 Å². The zero-order valence-corrected chi connectivity index (χ0v) is 13.0. The molecule has 9 heteroatoms. The van der Waals surface area contributed by atoms with Crippen LogP contribution in [0.25, 0.3) is 0 Å². The maximum atomic E-state index is 13.7. The summed E-state index contributed by atoms with van der Waals surface area (Å²) in [5.41, 5.74) is 5.34.